The molecule has 35 heavy (non-hydrogen) atoms. The van der Waals surface area contributed by atoms with E-state index in [1.165, 1.54) is 6.07 Å². The molecule has 188 valence electrons. The lowest BCUT2D eigenvalue weighted by atomic mass is 10.1. The van der Waals surface area contributed by atoms with Crippen molar-refractivity contribution in [3.63, 3.8) is 0 Å². The first-order chi connectivity index (χ1) is 16.5. The Bertz CT molecular complexity index is 1290. The van der Waals surface area contributed by atoms with Crippen molar-refractivity contribution in [2.75, 3.05) is 31.6 Å². The SMILES string of the molecule is Cc1ccc(C(F)(F)F)cc1Nc1nc(C(=O)NS(=O)(=O)N2CCOCC(n3cccn3)C2)co1. The molecule has 1 aliphatic rings. The van der Waals surface area contributed by atoms with Gasteiger partial charge in [-0.25, -0.2) is 4.72 Å². The Morgan fingerprint density at radius 3 is 2.80 bits per heavy atom. The van der Waals surface area contributed by atoms with Crippen LogP contribution in [0.1, 0.15) is 27.7 Å². The van der Waals surface area contributed by atoms with Gasteiger partial charge in [0.25, 0.3) is 11.9 Å². The molecule has 1 fully saturated rings. The average molecular weight is 514 g/mol. The number of aromatic nitrogens is 3. The van der Waals surface area contributed by atoms with Gasteiger partial charge in [-0.1, -0.05) is 6.07 Å². The number of carbonyl (C=O) groups is 1. The molecular formula is C20H21F3N6O5S. The van der Waals surface area contributed by atoms with E-state index < -0.39 is 33.9 Å². The number of amides is 1. The van der Waals surface area contributed by atoms with Crippen LogP contribution in [0.5, 0.6) is 0 Å². The Balaban J connectivity index is 1.45. The van der Waals surface area contributed by atoms with Crippen LogP contribution in [-0.4, -0.2) is 59.7 Å². The number of nitrogens with one attached hydrogen (secondary N) is 2. The number of oxazole rings is 1. The average Bonchev–Trinajstić information content (AvgIpc) is 3.42. The number of rotatable bonds is 6. The molecular weight excluding hydrogens is 493 g/mol. The smallest absolute Gasteiger partial charge is 0.416 e. The Hall–Kier alpha value is -3.43. The van der Waals surface area contributed by atoms with E-state index in [0.29, 0.717) is 5.56 Å². The molecule has 0 saturated carbocycles. The maximum Gasteiger partial charge on any atom is 0.416 e. The lowest BCUT2D eigenvalue weighted by Crippen LogP contribution is -2.46. The summed E-state index contributed by atoms with van der Waals surface area (Å²) in [6.45, 7) is 1.98. The molecule has 4 rings (SSSR count). The maximum absolute atomic E-state index is 13.0. The van der Waals surface area contributed by atoms with Gasteiger partial charge in [0.2, 0.25) is 0 Å². The van der Waals surface area contributed by atoms with Crippen molar-refractivity contribution in [2.45, 2.75) is 19.1 Å². The molecule has 2 N–H and O–H groups in total. The van der Waals surface area contributed by atoms with Crippen LogP contribution in [0, 0.1) is 6.92 Å². The number of aryl methyl sites for hydroxylation is 1. The molecule has 1 atom stereocenters. The first-order valence-corrected chi connectivity index (χ1v) is 11.8. The highest BCUT2D eigenvalue weighted by Crippen LogP contribution is 2.33. The zero-order valence-electron chi connectivity index (χ0n) is 18.3. The molecule has 0 radical (unpaired) electrons. The largest absolute Gasteiger partial charge is 0.431 e. The van der Waals surface area contributed by atoms with Crippen molar-refractivity contribution in [2.24, 2.45) is 0 Å². The highest BCUT2D eigenvalue weighted by molar-refractivity contribution is 7.87. The van der Waals surface area contributed by atoms with Gasteiger partial charge in [-0.15, -0.1) is 0 Å². The van der Waals surface area contributed by atoms with Crippen molar-refractivity contribution >= 4 is 27.8 Å². The van der Waals surface area contributed by atoms with Crippen LogP contribution in [0.15, 0.2) is 47.3 Å². The molecule has 1 aliphatic heterocycles. The van der Waals surface area contributed by atoms with Crippen LogP contribution < -0.4 is 10.0 Å². The molecule has 0 spiro atoms. The molecule has 2 aromatic heterocycles. The summed E-state index contributed by atoms with van der Waals surface area (Å²) < 4.78 is 79.8. The van der Waals surface area contributed by atoms with Gasteiger partial charge in [0.05, 0.1) is 24.8 Å². The molecule has 1 aromatic carbocycles. The second kappa shape index (κ2) is 9.67. The summed E-state index contributed by atoms with van der Waals surface area (Å²) in [5.74, 6) is -1.07. The van der Waals surface area contributed by atoms with Crippen molar-refractivity contribution in [3.8, 4) is 0 Å². The Labute approximate surface area is 198 Å². The van der Waals surface area contributed by atoms with Crippen molar-refractivity contribution < 1.29 is 35.5 Å². The quantitative estimate of drug-likeness (QED) is 0.513. The number of ether oxygens (including phenoxy) is 1. The predicted molar refractivity (Wildman–Crippen MR) is 116 cm³/mol. The number of alkyl halides is 3. The van der Waals surface area contributed by atoms with Crippen LogP contribution in [0.3, 0.4) is 0 Å². The molecule has 1 saturated heterocycles. The topological polar surface area (TPSA) is 132 Å². The van der Waals surface area contributed by atoms with Crippen LogP contribution >= 0.6 is 0 Å². The van der Waals surface area contributed by atoms with Gasteiger partial charge >= 0.3 is 16.4 Å². The third-order valence-corrected chi connectivity index (χ3v) is 6.67. The molecule has 3 heterocycles. The first-order valence-electron chi connectivity index (χ1n) is 10.3. The predicted octanol–water partition coefficient (Wildman–Crippen LogP) is 2.49. The van der Waals surface area contributed by atoms with E-state index in [4.69, 9.17) is 9.15 Å². The molecule has 0 bridgehead atoms. The van der Waals surface area contributed by atoms with E-state index in [1.807, 2.05) is 4.72 Å². The summed E-state index contributed by atoms with van der Waals surface area (Å²) in [7, 11) is -4.27. The Kier molecular flexibility index (Phi) is 6.82. The third-order valence-electron chi connectivity index (χ3n) is 5.21. The van der Waals surface area contributed by atoms with E-state index in [9.17, 15) is 26.4 Å². The fourth-order valence-electron chi connectivity index (χ4n) is 3.36. The van der Waals surface area contributed by atoms with E-state index >= 15 is 0 Å². The molecule has 1 amide bonds. The van der Waals surface area contributed by atoms with Gasteiger partial charge in [0.15, 0.2) is 5.69 Å². The monoisotopic (exact) mass is 514 g/mol. The van der Waals surface area contributed by atoms with Crippen molar-refractivity contribution in [1.82, 2.24) is 23.8 Å². The van der Waals surface area contributed by atoms with Crippen molar-refractivity contribution in [3.05, 3.63) is 59.7 Å². The fourth-order valence-corrected chi connectivity index (χ4v) is 4.51. The summed E-state index contributed by atoms with van der Waals surface area (Å²) in [6, 6.07) is 4.11. The van der Waals surface area contributed by atoms with Crippen LogP contribution in [0.4, 0.5) is 24.9 Å². The van der Waals surface area contributed by atoms with E-state index in [2.05, 4.69) is 15.4 Å². The van der Waals surface area contributed by atoms with E-state index in [0.717, 1.165) is 22.7 Å². The summed E-state index contributed by atoms with van der Waals surface area (Å²) in [5, 5.41) is 6.68. The normalized spacial score (nSPS) is 17.7. The fraction of sp³-hybridized carbons (Fsp3) is 0.350. The Morgan fingerprint density at radius 1 is 1.29 bits per heavy atom. The highest BCUT2D eigenvalue weighted by atomic mass is 32.2. The second-order valence-corrected chi connectivity index (χ2v) is 9.37. The minimum atomic E-state index is -4.55. The second-order valence-electron chi connectivity index (χ2n) is 7.70. The lowest BCUT2D eigenvalue weighted by molar-refractivity contribution is -0.137. The first kappa shape index (κ1) is 24.7. The minimum absolute atomic E-state index is 0.0147. The zero-order valence-corrected chi connectivity index (χ0v) is 19.1. The summed E-state index contributed by atoms with van der Waals surface area (Å²) in [4.78, 5) is 16.4. The number of hydrogen-bond acceptors (Lipinski definition) is 8. The maximum atomic E-state index is 13.0. The van der Waals surface area contributed by atoms with E-state index in [1.54, 1.807) is 30.1 Å². The third kappa shape index (κ3) is 5.80. The van der Waals surface area contributed by atoms with Crippen molar-refractivity contribution in [1.29, 1.82) is 0 Å². The van der Waals surface area contributed by atoms with Gasteiger partial charge < -0.3 is 14.5 Å². The number of hydrogen-bond donors (Lipinski definition) is 2. The minimum Gasteiger partial charge on any atom is -0.431 e. The van der Waals surface area contributed by atoms with Crippen LogP contribution in [-0.2, 0) is 21.1 Å². The van der Waals surface area contributed by atoms with E-state index in [-0.39, 0.29) is 43.7 Å². The summed E-state index contributed by atoms with van der Waals surface area (Å²) >= 11 is 0. The standard InChI is InChI=1S/C20H21F3N6O5S/c1-13-3-4-14(20(21,22)23)9-16(13)25-19-26-17(12-34-19)18(30)27-35(31,32)28-7-8-33-11-15(10-28)29-6-2-5-24-29/h2-6,9,12,15H,7-8,10-11H2,1H3,(H,25,26)(H,27,30). The molecule has 0 aliphatic carbocycles. The summed E-state index contributed by atoms with van der Waals surface area (Å²) in [6.07, 6.45) is -0.412. The van der Waals surface area contributed by atoms with Gasteiger partial charge in [-0.2, -0.15) is 36.0 Å². The molecule has 15 heteroatoms. The van der Waals surface area contributed by atoms with Gasteiger partial charge in [0, 0.05) is 31.2 Å². The molecule has 3 aromatic rings. The number of halogens is 3. The number of carbonyl (C=O) groups excluding carboxylic acids is 1. The number of benzene rings is 1. The highest BCUT2D eigenvalue weighted by Gasteiger charge is 2.32. The van der Waals surface area contributed by atoms with Gasteiger partial charge in [0.1, 0.15) is 6.26 Å². The summed E-state index contributed by atoms with van der Waals surface area (Å²) in [5.41, 5.74) is -0.721. The molecule has 11 nitrogen and oxygen atoms in total. The molecule has 1 unspecified atom stereocenters. The zero-order chi connectivity index (χ0) is 25.2. The van der Waals surface area contributed by atoms with Gasteiger partial charge in [-0.3, -0.25) is 9.48 Å². The van der Waals surface area contributed by atoms with Gasteiger partial charge in [-0.05, 0) is 30.7 Å². The lowest BCUT2D eigenvalue weighted by Gasteiger charge is -2.23. The number of nitrogens with zero attached hydrogens (tertiary/aromatic N) is 4. The number of anilines is 2. The van der Waals surface area contributed by atoms with Crippen LogP contribution in [0.25, 0.3) is 0 Å². The Morgan fingerprint density at radius 2 is 2.09 bits per heavy atom. The van der Waals surface area contributed by atoms with Crippen LogP contribution in [0.2, 0.25) is 0 Å².